The second-order valence-corrected chi connectivity index (χ2v) is 9.01. The van der Waals surface area contributed by atoms with Gasteiger partial charge in [0, 0.05) is 51.8 Å². The zero-order valence-electron chi connectivity index (χ0n) is 19.2. The van der Waals surface area contributed by atoms with Crippen LogP contribution in [-0.2, 0) is 19.6 Å². The molecule has 194 valence electrons. The van der Waals surface area contributed by atoms with E-state index in [2.05, 4.69) is 5.32 Å². The zero-order valence-corrected chi connectivity index (χ0v) is 20.0. The first-order chi connectivity index (χ1) is 15.9. The average Bonchev–Trinajstić information content (AvgIpc) is 2.81. The van der Waals surface area contributed by atoms with Crippen molar-refractivity contribution < 1.29 is 45.8 Å². The standard InChI is InChI=1S/C18H29N3O5S.C2HF3O2/c1-4-10-21(11-7-18(22)20-12-8-19-9-13-20)27(23,24)17-14-15(25-2)5-6-16(17)26-3;3-2(4,5)1(6)7/h5-6,14,19H,4,7-13H2,1-3H3;(H,6,7). The molecule has 2 N–H and O–H groups in total. The number of carbonyl (C=O) groups excluding carboxylic acids is 1. The molecule has 0 radical (unpaired) electrons. The Morgan fingerprint density at radius 3 is 2.21 bits per heavy atom. The van der Waals surface area contributed by atoms with Crippen LogP contribution >= 0.6 is 0 Å². The van der Waals surface area contributed by atoms with Gasteiger partial charge in [0.15, 0.2) is 0 Å². The van der Waals surface area contributed by atoms with Gasteiger partial charge in [0.2, 0.25) is 15.9 Å². The highest BCUT2D eigenvalue weighted by atomic mass is 32.2. The maximum atomic E-state index is 13.2. The van der Waals surface area contributed by atoms with E-state index in [9.17, 15) is 26.4 Å². The van der Waals surface area contributed by atoms with Crippen LogP contribution in [0.15, 0.2) is 23.1 Å². The Bertz CT molecular complexity index is 920. The van der Waals surface area contributed by atoms with E-state index in [0.717, 1.165) is 13.1 Å². The van der Waals surface area contributed by atoms with Gasteiger partial charge in [-0.05, 0) is 18.6 Å². The molecule has 0 atom stereocenters. The molecule has 1 amide bonds. The number of carboxylic acid groups (broad SMARTS) is 1. The van der Waals surface area contributed by atoms with Gasteiger partial charge in [0.1, 0.15) is 16.4 Å². The Kier molecular flexibility index (Phi) is 11.6. The molecule has 1 aliphatic rings. The SMILES string of the molecule is CCCN(CCC(=O)N1CCNCC1)S(=O)(=O)c1cc(OC)ccc1OC.O=C(O)C(F)(F)F. The number of piperazine rings is 1. The lowest BCUT2D eigenvalue weighted by Crippen LogP contribution is -2.47. The fraction of sp³-hybridized carbons (Fsp3) is 0.600. The van der Waals surface area contributed by atoms with Crippen LogP contribution in [0, 0.1) is 0 Å². The van der Waals surface area contributed by atoms with Crippen molar-refractivity contribution >= 4 is 21.9 Å². The number of rotatable bonds is 9. The van der Waals surface area contributed by atoms with E-state index in [1.165, 1.54) is 24.6 Å². The number of benzene rings is 1. The number of methoxy groups -OCH3 is 2. The molecule has 14 heteroatoms. The number of carboxylic acids is 1. The summed E-state index contributed by atoms with van der Waals surface area (Å²) < 4.78 is 69.9. The molecule has 10 nitrogen and oxygen atoms in total. The maximum Gasteiger partial charge on any atom is 0.490 e. The van der Waals surface area contributed by atoms with Crippen LogP contribution in [-0.4, -0.2) is 94.3 Å². The van der Waals surface area contributed by atoms with Gasteiger partial charge in [-0.2, -0.15) is 17.5 Å². The van der Waals surface area contributed by atoms with Crippen molar-refractivity contribution in [3.63, 3.8) is 0 Å². The summed E-state index contributed by atoms with van der Waals surface area (Å²) in [6, 6.07) is 4.67. The molecule has 1 aliphatic heterocycles. The van der Waals surface area contributed by atoms with E-state index in [1.807, 2.05) is 6.92 Å². The highest BCUT2D eigenvalue weighted by Gasteiger charge is 2.38. The van der Waals surface area contributed by atoms with Crippen LogP contribution in [0.5, 0.6) is 11.5 Å². The molecule has 1 aromatic rings. The van der Waals surface area contributed by atoms with Gasteiger partial charge in [0.25, 0.3) is 0 Å². The summed E-state index contributed by atoms with van der Waals surface area (Å²) in [5.41, 5.74) is 0. The fourth-order valence-corrected chi connectivity index (χ4v) is 4.72. The highest BCUT2D eigenvalue weighted by Crippen LogP contribution is 2.30. The molecule has 0 spiro atoms. The first kappa shape index (κ1) is 29.5. The van der Waals surface area contributed by atoms with Crippen molar-refractivity contribution in [1.82, 2.24) is 14.5 Å². The number of carbonyl (C=O) groups is 2. The fourth-order valence-electron chi connectivity index (χ4n) is 3.02. The van der Waals surface area contributed by atoms with E-state index in [0.29, 0.717) is 31.8 Å². The molecule has 1 saturated heterocycles. The van der Waals surface area contributed by atoms with Crippen molar-refractivity contribution in [1.29, 1.82) is 0 Å². The van der Waals surface area contributed by atoms with Crippen LogP contribution in [0.3, 0.4) is 0 Å². The molecular formula is C20H30F3N3O7S. The molecule has 2 rings (SSSR count). The number of hydrogen-bond donors (Lipinski definition) is 2. The molecule has 1 heterocycles. The Hall–Kier alpha value is -2.58. The first-order valence-corrected chi connectivity index (χ1v) is 11.8. The molecule has 0 bridgehead atoms. The summed E-state index contributed by atoms with van der Waals surface area (Å²) in [6.45, 7) is 5.22. The number of hydrogen-bond acceptors (Lipinski definition) is 7. The Labute approximate surface area is 196 Å². The molecule has 0 aliphatic carbocycles. The van der Waals surface area contributed by atoms with E-state index in [-0.39, 0.29) is 29.5 Å². The van der Waals surface area contributed by atoms with E-state index in [4.69, 9.17) is 19.4 Å². The van der Waals surface area contributed by atoms with Crippen LogP contribution in [0.2, 0.25) is 0 Å². The number of halogens is 3. The molecule has 34 heavy (non-hydrogen) atoms. The number of alkyl halides is 3. The summed E-state index contributed by atoms with van der Waals surface area (Å²) in [7, 11) is -0.910. The Morgan fingerprint density at radius 2 is 1.74 bits per heavy atom. The number of sulfonamides is 1. The maximum absolute atomic E-state index is 13.2. The third-order valence-corrected chi connectivity index (χ3v) is 6.67. The van der Waals surface area contributed by atoms with Crippen LogP contribution in [0.25, 0.3) is 0 Å². The normalized spacial score (nSPS) is 14.3. The molecule has 1 fully saturated rings. The number of ether oxygens (including phenoxy) is 2. The Balaban J connectivity index is 0.000000718. The summed E-state index contributed by atoms with van der Waals surface area (Å²) in [5.74, 6) is -2.09. The minimum atomic E-state index is -5.08. The highest BCUT2D eigenvalue weighted by molar-refractivity contribution is 7.89. The van der Waals surface area contributed by atoms with Crippen LogP contribution in [0.1, 0.15) is 19.8 Å². The molecule has 0 aromatic heterocycles. The van der Waals surface area contributed by atoms with Gasteiger partial charge in [-0.15, -0.1) is 0 Å². The van der Waals surface area contributed by atoms with Crippen molar-refractivity contribution in [2.45, 2.75) is 30.8 Å². The van der Waals surface area contributed by atoms with Crippen molar-refractivity contribution in [2.24, 2.45) is 0 Å². The summed E-state index contributed by atoms with van der Waals surface area (Å²) in [6.07, 6.45) is -4.28. The van der Waals surface area contributed by atoms with Gasteiger partial charge in [-0.1, -0.05) is 6.92 Å². The second kappa shape index (κ2) is 13.3. The third-order valence-electron chi connectivity index (χ3n) is 4.75. The molecule has 1 aromatic carbocycles. The monoisotopic (exact) mass is 513 g/mol. The molecule has 0 saturated carbocycles. The third kappa shape index (κ3) is 8.65. The lowest BCUT2D eigenvalue weighted by atomic mass is 10.3. The van der Waals surface area contributed by atoms with Gasteiger partial charge in [-0.25, -0.2) is 13.2 Å². The van der Waals surface area contributed by atoms with E-state index < -0.39 is 22.2 Å². The van der Waals surface area contributed by atoms with Crippen molar-refractivity contribution in [3.05, 3.63) is 18.2 Å². The second-order valence-electron chi connectivity index (χ2n) is 7.10. The van der Waals surface area contributed by atoms with Crippen LogP contribution in [0.4, 0.5) is 13.2 Å². The lowest BCUT2D eigenvalue weighted by molar-refractivity contribution is -0.192. The van der Waals surface area contributed by atoms with E-state index in [1.54, 1.807) is 17.0 Å². The summed E-state index contributed by atoms with van der Waals surface area (Å²) in [5, 5.41) is 10.3. The Morgan fingerprint density at radius 1 is 1.15 bits per heavy atom. The minimum Gasteiger partial charge on any atom is -0.497 e. The van der Waals surface area contributed by atoms with Crippen LogP contribution < -0.4 is 14.8 Å². The van der Waals surface area contributed by atoms with Crippen molar-refractivity contribution in [2.75, 3.05) is 53.5 Å². The first-order valence-electron chi connectivity index (χ1n) is 10.4. The number of nitrogens with zero attached hydrogens (tertiary/aromatic N) is 2. The lowest BCUT2D eigenvalue weighted by Gasteiger charge is -2.29. The number of amides is 1. The van der Waals surface area contributed by atoms with E-state index >= 15 is 0 Å². The average molecular weight is 514 g/mol. The van der Waals surface area contributed by atoms with Gasteiger partial charge < -0.3 is 24.8 Å². The minimum absolute atomic E-state index is 0.0228. The number of nitrogens with one attached hydrogen (secondary N) is 1. The van der Waals surface area contributed by atoms with Crippen molar-refractivity contribution in [3.8, 4) is 11.5 Å². The zero-order chi connectivity index (χ0) is 25.9. The predicted octanol–water partition coefficient (Wildman–Crippen LogP) is 1.56. The summed E-state index contributed by atoms with van der Waals surface area (Å²) in [4.78, 5) is 23.1. The van der Waals surface area contributed by atoms with Gasteiger partial charge in [-0.3, -0.25) is 4.79 Å². The largest absolute Gasteiger partial charge is 0.497 e. The quantitative estimate of drug-likeness (QED) is 0.510. The molecule has 0 unspecified atom stereocenters. The predicted molar refractivity (Wildman–Crippen MR) is 116 cm³/mol. The summed E-state index contributed by atoms with van der Waals surface area (Å²) >= 11 is 0. The van der Waals surface area contributed by atoms with Gasteiger partial charge in [0.05, 0.1) is 14.2 Å². The smallest absolute Gasteiger partial charge is 0.490 e. The van der Waals surface area contributed by atoms with Gasteiger partial charge >= 0.3 is 12.1 Å². The topological polar surface area (TPSA) is 125 Å². The molecular weight excluding hydrogens is 483 g/mol. The number of aliphatic carboxylic acids is 1.